The highest BCUT2D eigenvalue weighted by atomic mass is 32.1. The van der Waals surface area contributed by atoms with Gasteiger partial charge in [-0.1, -0.05) is 71.0 Å². The maximum absolute atomic E-state index is 4.91. The molecule has 6 aromatic rings. The monoisotopic (exact) mass is 505 g/mol. The van der Waals surface area contributed by atoms with Crippen LogP contribution in [0.1, 0.15) is 45.7 Å². The lowest BCUT2D eigenvalue weighted by atomic mass is 9.82. The molecular formula is C33H31NS2. The molecule has 0 unspecified atom stereocenters. The highest BCUT2D eigenvalue weighted by molar-refractivity contribution is 7.28. The first kappa shape index (κ1) is 23.4. The summed E-state index contributed by atoms with van der Waals surface area (Å²) in [6.45, 7) is 11.5. The summed E-state index contributed by atoms with van der Waals surface area (Å²) >= 11 is 3.76. The van der Waals surface area contributed by atoms with Crippen LogP contribution in [0.5, 0.6) is 0 Å². The molecule has 3 heteroatoms. The Bertz CT molecular complexity index is 1730. The molecule has 0 amide bonds. The summed E-state index contributed by atoms with van der Waals surface area (Å²) < 4.78 is 2.62. The highest BCUT2D eigenvalue weighted by Crippen LogP contribution is 2.43. The lowest BCUT2D eigenvalue weighted by Gasteiger charge is -2.22. The van der Waals surface area contributed by atoms with Crippen molar-refractivity contribution in [3.63, 3.8) is 0 Å². The van der Waals surface area contributed by atoms with Crippen LogP contribution >= 0.6 is 22.7 Å². The molecule has 6 rings (SSSR count). The number of fused-ring (bicyclic) bond motifs is 3. The van der Waals surface area contributed by atoms with Gasteiger partial charge in [-0.15, -0.1) is 22.7 Å². The van der Waals surface area contributed by atoms with E-state index in [4.69, 9.17) is 4.98 Å². The van der Waals surface area contributed by atoms with Crippen LogP contribution in [0.3, 0.4) is 0 Å². The van der Waals surface area contributed by atoms with Crippen LogP contribution in [0.4, 0.5) is 0 Å². The Morgan fingerprint density at radius 2 is 1.56 bits per heavy atom. The molecule has 0 radical (unpaired) electrons. The molecule has 0 saturated carbocycles. The van der Waals surface area contributed by atoms with Crippen molar-refractivity contribution in [2.75, 3.05) is 0 Å². The van der Waals surface area contributed by atoms with Gasteiger partial charge in [0.1, 0.15) is 0 Å². The van der Waals surface area contributed by atoms with Crippen molar-refractivity contribution in [2.45, 2.75) is 46.5 Å². The van der Waals surface area contributed by atoms with Gasteiger partial charge in [0.15, 0.2) is 0 Å². The molecule has 0 atom stereocenters. The molecule has 0 bridgehead atoms. The maximum atomic E-state index is 4.91. The van der Waals surface area contributed by atoms with Crippen LogP contribution in [0.2, 0.25) is 0 Å². The smallest absolute Gasteiger partial charge is 0.0880 e. The van der Waals surface area contributed by atoms with Crippen LogP contribution in [0, 0.1) is 5.92 Å². The Kier molecular flexibility index (Phi) is 5.74. The van der Waals surface area contributed by atoms with Gasteiger partial charge in [0.25, 0.3) is 0 Å². The quantitative estimate of drug-likeness (QED) is 0.232. The number of aromatic nitrogens is 1. The topological polar surface area (TPSA) is 12.9 Å². The fraction of sp³-hybridized carbons (Fsp3) is 0.242. The third-order valence-electron chi connectivity index (χ3n) is 6.84. The zero-order chi connectivity index (χ0) is 25.0. The van der Waals surface area contributed by atoms with E-state index in [-0.39, 0.29) is 5.41 Å². The number of pyridine rings is 1. The first-order chi connectivity index (χ1) is 17.3. The molecule has 0 fully saturated rings. The minimum atomic E-state index is 0.0512. The predicted molar refractivity (Wildman–Crippen MR) is 161 cm³/mol. The van der Waals surface area contributed by atoms with Gasteiger partial charge in [-0.2, -0.15) is 0 Å². The Morgan fingerprint density at radius 3 is 2.36 bits per heavy atom. The third kappa shape index (κ3) is 4.25. The largest absolute Gasteiger partial charge is 0.255 e. The molecule has 3 aromatic carbocycles. The summed E-state index contributed by atoms with van der Waals surface area (Å²) in [5.41, 5.74) is 5.13. The van der Waals surface area contributed by atoms with Gasteiger partial charge in [0.2, 0.25) is 0 Å². The minimum Gasteiger partial charge on any atom is -0.255 e. The van der Waals surface area contributed by atoms with Gasteiger partial charge in [-0.05, 0) is 86.8 Å². The number of nitrogens with zero attached hydrogens (tertiary/aromatic N) is 1. The molecule has 0 saturated heterocycles. The Labute approximate surface area is 221 Å². The van der Waals surface area contributed by atoms with Gasteiger partial charge < -0.3 is 0 Å². The molecule has 0 spiro atoms. The lowest BCUT2D eigenvalue weighted by Crippen LogP contribution is -2.12. The maximum Gasteiger partial charge on any atom is 0.0880 e. The van der Waals surface area contributed by atoms with Crippen molar-refractivity contribution in [3.05, 3.63) is 90.1 Å². The second kappa shape index (κ2) is 8.83. The van der Waals surface area contributed by atoms with Crippen LogP contribution < -0.4 is 0 Å². The number of hydrogen-bond donors (Lipinski definition) is 0. The van der Waals surface area contributed by atoms with E-state index >= 15 is 0 Å². The van der Waals surface area contributed by atoms with Crippen LogP contribution in [0.25, 0.3) is 52.0 Å². The normalized spacial score (nSPS) is 12.4. The second-order valence-corrected chi connectivity index (χ2v) is 13.4. The van der Waals surface area contributed by atoms with Crippen molar-refractivity contribution in [2.24, 2.45) is 5.92 Å². The minimum absolute atomic E-state index is 0.0512. The Hall–Kier alpha value is -3.01. The van der Waals surface area contributed by atoms with Crippen molar-refractivity contribution < 1.29 is 0 Å². The van der Waals surface area contributed by atoms with E-state index in [1.54, 1.807) is 0 Å². The standard InChI is InChI=1S/C33H31NS2/c1-20(2)14-21-10-11-28-24(15-21)19-29(35-28)30-18-23-12-13-34-31(32(23)36-30)25-16-22-8-6-7-9-26(22)27(17-25)33(3,4)5/h6-13,15-20H,14H2,1-5H3. The molecule has 3 heterocycles. The van der Waals surface area contributed by atoms with Gasteiger partial charge in [0, 0.05) is 26.2 Å². The molecule has 0 N–H and O–H groups in total. The average molecular weight is 506 g/mol. The third-order valence-corrected chi connectivity index (χ3v) is 9.31. The molecule has 0 aliphatic heterocycles. The molecule has 3 aromatic heterocycles. The van der Waals surface area contributed by atoms with Crippen molar-refractivity contribution in [1.29, 1.82) is 0 Å². The molecule has 1 nitrogen and oxygen atoms in total. The molecule has 0 aliphatic rings. The highest BCUT2D eigenvalue weighted by Gasteiger charge is 2.20. The Balaban J connectivity index is 1.48. The van der Waals surface area contributed by atoms with Crippen LogP contribution in [-0.2, 0) is 11.8 Å². The van der Waals surface area contributed by atoms with Crippen molar-refractivity contribution in [1.82, 2.24) is 4.98 Å². The Morgan fingerprint density at radius 1 is 0.778 bits per heavy atom. The van der Waals surface area contributed by atoms with Gasteiger partial charge in [-0.25, -0.2) is 0 Å². The summed E-state index contributed by atoms with van der Waals surface area (Å²) in [5.74, 6) is 0.669. The summed E-state index contributed by atoms with van der Waals surface area (Å²) in [5, 5.41) is 5.23. The zero-order valence-electron chi connectivity index (χ0n) is 21.6. The lowest BCUT2D eigenvalue weighted by molar-refractivity contribution is 0.596. The van der Waals surface area contributed by atoms with Crippen molar-refractivity contribution in [3.8, 4) is 21.0 Å². The number of thiophene rings is 2. The summed E-state index contributed by atoms with van der Waals surface area (Å²) in [6.07, 6.45) is 3.09. The molecule has 180 valence electrons. The van der Waals surface area contributed by atoms with E-state index in [2.05, 4.69) is 107 Å². The summed E-state index contributed by atoms with van der Waals surface area (Å²) in [7, 11) is 0. The van der Waals surface area contributed by atoms with Gasteiger partial charge in [-0.3, -0.25) is 4.98 Å². The van der Waals surface area contributed by atoms with Gasteiger partial charge in [0.05, 0.1) is 10.4 Å². The molecule has 0 aliphatic carbocycles. The molecule has 36 heavy (non-hydrogen) atoms. The average Bonchev–Trinajstić information content (AvgIpc) is 3.46. The van der Waals surface area contributed by atoms with Crippen LogP contribution in [0.15, 0.2) is 79.0 Å². The van der Waals surface area contributed by atoms with E-state index in [0.717, 1.165) is 12.1 Å². The van der Waals surface area contributed by atoms with E-state index in [1.165, 1.54) is 57.4 Å². The number of rotatable bonds is 4. The second-order valence-electron chi connectivity index (χ2n) is 11.3. The summed E-state index contributed by atoms with van der Waals surface area (Å²) in [4.78, 5) is 7.57. The van der Waals surface area contributed by atoms with E-state index in [0.29, 0.717) is 5.92 Å². The van der Waals surface area contributed by atoms with E-state index in [9.17, 15) is 0 Å². The van der Waals surface area contributed by atoms with Crippen molar-refractivity contribution >= 4 is 53.6 Å². The fourth-order valence-electron chi connectivity index (χ4n) is 5.17. The first-order valence-electron chi connectivity index (χ1n) is 12.7. The SMILES string of the molecule is CC(C)Cc1ccc2sc(-c3cc4ccnc(-c5cc(C(C)(C)C)c6ccccc6c5)c4s3)cc2c1. The number of benzene rings is 3. The van der Waals surface area contributed by atoms with Gasteiger partial charge >= 0.3 is 0 Å². The summed E-state index contributed by atoms with van der Waals surface area (Å²) in [6, 6.07) is 27.2. The fourth-order valence-corrected chi connectivity index (χ4v) is 7.45. The predicted octanol–water partition coefficient (Wildman–Crippen LogP) is 10.5. The first-order valence-corrected chi connectivity index (χ1v) is 14.3. The zero-order valence-corrected chi connectivity index (χ0v) is 23.2. The van der Waals surface area contributed by atoms with E-state index < -0.39 is 0 Å². The van der Waals surface area contributed by atoms with E-state index in [1.807, 2.05) is 28.9 Å². The molecular weight excluding hydrogens is 475 g/mol. The number of hydrogen-bond acceptors (Lipinski definition) is 3. The van der Waals surface area contributed by atoms with Crippen LogP contribution in [-0.4, -0.2) is 4.98 Å².